The Bertz CT molecular complexity index is 567. The molecule has 2 rings (SSSR count). The quantitative estimate of drug-likeness (QED) is 0.905. The average molecular weight is 284 g/mol. The van der Waals surface area contributed by atoms with Crippen molar-refractivity contribution in [3.63, 3.8) is 0 Å². The zero-order chi connectivity index (χ0) is 13.1. The maximum absolute atomic E-state index is 10.6. The lowest BCUT2D eigenvalue weighted by Gasteiger charge is -2.08. The van der Waals surface area contributed by atoms with Gasteiger partial charge in [0.1, 0.15) is 5.82 Å². The number of carbonyl (C=O) groups is 1. The first-order valence-electron chi connectivity index (χ1n) is 4.84. The molecule has 2 N–H and O–H groups in total. The minimum atomic E-state index is -1.13. The van der Waals surface area contributed by atoms with Gasteiger partial charge < -0.3 is 10.4 Å². The summed E-state index contributed by atoms with van der Waals surface area (Å²) >= 11 is 11.9. The summed E-state index contributed by atoms with van der Waals surface area (Å²) in [5.74, 6) is -0.778. The molecule has 0 radical (unpaired) electrons. The molecule has 0 saturated heterocycles. The van der Waals surface area contributed by atoms with Crippen LogP contribution in [0.4, 0.5) is 11.5 Å². The maximum Gasteiger partial charge on any atom is 0.356 e. The molecule has 2 aromatic rings. The number of hydrogen-bond acceptors (Lipinski definition) is 4. The van der Waals surface area contributed by atoms with Crippen molar-refractivity contribution < 1.29 is 9.90 Å². The lowest BCUT2D eigenvalue weighted by Crippen LogP contribution is -2.03. The lowest BCUT2D eigenvalue weighted by atomic mass is 10.3. The van der Waals surface area contributed by atoms with Crippen molar-refractivity contribution in [1.29, 1.82) is 0 Å². The van der Waals surface area contributed by atoms with E-state index in [9.17, 15) is 4.79 Å². The third kappa shape index (κ3) is 2.69. The Morgan fingerprint density at radius 3 is 2.33 bits per heavy atom. The molecule has 1 aromatic carbocycles. The highest BCUT2D eigenvalue weighted by atomic mass is 35.5. The average Bonchev–Trinajstić information content (AvgIpc) is 2.34. The Kier molecular flexibility index (Phi) is 3.64. The minimum absolute atomic E-state index is 0.134. The van der Waals surface area contributed by atoms with Crippen molar-refractivity contribution in [2.24, 2.45) is 0 Å². The van der Waals surface area contributed by atoms with Crippen molar-refractivity contribution in [2.45, 2.75) is 0 Å². The van der Waals surface area contributed by atoms with Crippen LogP contribution in [0.25, 0.3) is 0 Å². The molecule has 7 heteroatoms. The molecule has 0 bridgehead atoms. The third-order valence-electron chi connectivity index (χ3n) is 2.09. The van der Waals surface area contributed by atoms with Crippen LogP contribution in [0.15, 0.2) is 30.6 Å². The Morgan fingerprint density at radius 1 is 1.17 bits per heavy atom. The van der Waals surface area contributed by atoms with Crippen molar-refractivity contribution >= 4 is 40.7 Å². The number of aromatic carboxylic acids is 1. The number of hydrogen-bond donors (Lipinski definition) is 2. The molecule has 0 aliphatic rings. The molecule has 1 heterocycles. The fourth-order valence-corrected chi connectivity index (χ4v) is 1.74. The van der Waals surface area contributed by atoms with E-state index in [1.807, 2.05) is 0 Å². The van der Waals surface area contributed by atoms with Gasteiger partial charge in [0, 0.05) is 0 Å². The predicted octanol–water partition coefficient (Wildman–Crippen LogP) is 3.23. The standard InChI is InChI=1S/C11H7Cl2N3O2/c12-6-2-1-3-7(13)10(6)16-9-5-14-8(4-15-9)11(17)18/h1-5H,(H,15,16)(H,17,18). The number of rotatable bonds is 3. The fourth-order valence-electron chi connectivity index (χ4n) is 1.25. The van der Waals surface area contributed by atoms with Crippen LogP contribution in [-0.2, 0) is 0 Å². The summed E-state index contributed by atoms with van der Waals surface area (Å²) in [4.78, 5) is 18.2. The van der Waals surface area contributed by atoms with E-state index in [1.54, 1.807) is 18.2 Å². The van der Waals surface area contributed by atoms with Crippen LogP contribution in [0.5, 0.6) is 0 Å². The summed E-state index contributed by atoms with van der Waals surface area (Å²) in [6.07, 6.45) is 2.44. The minimum Gasteiger partial charge on any atom is -0.476 e. The molecule has 0 aliphatic carbocycles. The van der Waals surface area contributed by atoms with Crippen LogP contribution in [0.1, 0.15) is 10.5 Å². The first-order chi connectivity index (χ1) is 8.58. The SMILES string of the molecule is O=C(O)c1cnc(Nc2c(Cl)cccc2Cl)cn1. The van der Waals surface area contributed by atoms with E-state index in [2.05, 4.69) is 15.3 Å². The molecule has 0 aliphatic heterocycles. The number of anilines is 2. The van der Waals surface area contributed by atoms with Crippen LogP contribution >= 0.6 is 23.2 Å². The molecule has 0 amide bonds. The Labute approximate surface area is 112 Å². The van der Waals surface area contributed by atoms with Gasteiger partial charge in [-0.3, -0.25) is 0 Å². The van der Waals surface area contributed by atoms with Gasteiger partial charge in [-0.25, -0.2) is 14.8 Å². The zero-order valence-corrected chi connectivity index (χ0v) is 10.4. The van der Waals surface area contributed by atoms with Crippen molar-refractivity contribution in [3.05, 3.63) is 46.3 Å². The molecular formula is C11H7Cl2N3O2. The number of halogens is 2. The van der Waals surface area contributed by atoms with Gasteiger partial charge in [0.25, 0.3) is 0 Å². The maximum atomic E-state index is 10.6. The summed E-state index contributed by atoms with van der Waals surface area (Å²) in [5.41, 5.74) is 0.365. The van der Waals surface area contributed by atoms with E-state index in [4.69, 9.17) is 28.3 Å². The molecule has 0 atom stereocenters. The van der Waals surface area contributed by atoms with E-state index in [1.165, 1.54) is 6.20 Å². The normalized spacial score (nSPS) is 10.1. The van der Waals surface area contributed by atoms with Crippen molar-refractivity contribution in [1.82, 2.24) is 9.97 Å². The first-order valence-corrected chi connectivity index (χ1v) is 5.60. The first kappa shape index (κ1) is 12.6. The third-order valence-corrected chi connectivity index (χ3v) is 2.72. The molecule has 18 heavy (non-hydrogen) atoms. The predicted molar refractivity (Wildman–Crippen MR) is 68.7 cm³/mol. The van der Waals surface area contributed by atoms with E-state index >= 15 is 0 Å². The van der Waals surface area contributed by atoms with Gasteiger partial charge >= 0.3 is 5.97 Å². The second-order valence-corrected chi connectivity index (χ2v) is 4.13. The van der Waals surface area contributed by atoms with Gasteiger partial charge in [-0.15, -0.1) is 0 Å². The van der Waals surface area contributed by atoms with E-state index in [0.717, 1.165) is 6.20 Å². The Balaban J connectivity index is 2.26. The number of para-hydroxylation sites is 1. The summed E-state index contributed by atoms with van der Waals surface area (Å²) in [6.45, 7) is 0. The van der Waals surface area contributed by atoms with Gasteiger partial charge in [0.15, 0.2) is 5.69 Å². The highest BCUT2D eigenvalue weighted by molar-refractivity contribution is 6.39. The van der Waals surface area contributed by atoms with Gasteiger partial charge in [0.05, 0.1) is 28.1 Å². The van der Waals surface area contributed by atoms with Gasteiger partial charge in [-0.2, -0.15) is 0 Å². The molecular weight excluding hydrogens is 277 g/mol. The lowest BCUT2D eigenvalue weighted by molar-refractivity contribution is 0.0690. The number of nitrogens with zero attached hydrogens (tertiary/aromatic N) is 2. The Morgan fingerprint density at radius 2 is 1.83 bits per heavy atom. The summed E-state index contributed by atoms with van der Waals surface area (Å²) < 4.78 is 0. The summed E-state index contributed by atoms with van der Waals surface area (Å²) in [7, 11) is 0. The highest BCUT2D eigenvalue weighted by Gasteiger charge is 2.08. The molecule has 0 saturated carbocycles. The molecule has 92 valence electrons. The van der Waals surface area contributed by atoms with Gasteiger partial charge in [-0.05, 0) is 12.1 Å². The fraction of sp³-hybridized carbons (Fsp3) is 0. The van der Waals surface area contributed by atoms with E-state index < -0.39 is 5.97 Å². The monoisotopic (exact) mass is 283 g/mol. The summed E-state index contributed by atoms with van der Waals surface area (Å²) in [5, 5.41) is 12.4. The molecule has 0 spiro atoms. The largest absolute Gasteiger partial charge is 0.476 e. The Hall–Kier alpha value is -1.85. The van der Waals surface area contributed by atoms with Crippen molar-refractivity contribution in [2.75, 3.05) is 5.32 Å². The number of carboxylic acids is 1. The zero-order valence-electron chi connectivity index (χ0n) is 8.89. The van der Waals surface area contributed by atoms with Crippen LogP contribution in [0.3, 0.4) is 0 Å². The second kappa shape index (κ2) is 5.20. The second-order valence-electron chi connectivity index (χ2n) is 3.31. The number of aromatic nitrogens is 2. The van der Waals surface area contributed by atoms with E-state index in [-0.39, 0.29) is 5.69 Å². The highest BCUT2D eigenvalue weighted by Crippen LogP contribution is 2.31. The van der Waals surface area contributed by atoms with Crippen LogP contribution in [-0.4, -0.2) is 21.0 Å². The van der Waals surface area contributed by atoms with Crippen LogP contribution in [0.2, 0.25) is 10.0 Å². The van der Waals surface area contributed by atoms with E-state index in [0.29, 0.717) is 21.6 Å². The van der Waals surface area contributed by atoms with Crippen LogP contribution in [0, 0.1) is 0 Å². The van der Waals surface area contributed by atoms with Gasteiger partial charge in [0.2, 0.25) is 0 Å². The molecule has 0 fully saturated rings. The smallest absolute Gasteiger partial charge is 0.356 e. The molecule has 1 aromatic heterocycles. The summed E-state index contributed by atoms with van der Waals surface area (Å²) in [6, 6.07) is 5.07. The number of nitrogens with one attached hydrogen (secondary N) is 1. The molecule has 5 nitrogen and oxygen atoms in total. The van der Waals surface area contributed by atoms with Crippen LogP contribution < -0.4 is 5.32 Å². The van der Waals surface area contributed by atoms with Gasteiger partial charge in [-0.1, -0.05) is 29.3 Å². The van der Waals surface area contributed by atoms with Crippen molar-refractivity contribution in [3.8, 4) is 0 Å². The number of carboxylic acid groups (broad SMARTS) is 1. The topological polar surface area (TPSA) is 75.1 Å². The number of benzene rings is 1. The molecule has 0 unspecified atom stereocenters.